The van der Waals surface area contributed by atoms with E-state index < -0.39 is 0 Å². The van der Waals surface area contributed by atoms with E-state index in [1.54, 1.807) is 0 Å². The van der Waals surface area contributed by atoms with Gasteiger partial charge in [-0.05, 0) is 48.1 Å². The van der Waals surface area contributed by atoms with E-state index in [1.807, 2.05) is 18.2 Å². The van der Waals surface area contributed by atoms with Gasteiger partial charge in [-0.15, -0.1) is 0 Å². The van der Waals surface area contributed by atoms with E-state index in [0.717, 1.165) is 16.0 Å². The molecule has 4 rings (SSSR count). The number of rotatable bonds is 2. The number of benzene rings is 2. The molecule has 0 saturated heterocycles. The zero-order chi connectivity index (χ0) is 14.4. The molecule has 1 fully saturated rings. The van der Waals surface area contributed by atoms with Crippen LogP contribution in [0.1, 0.15) is 52.8 Å². The lowest BCUT2D eigenvalue weighted by atomic mass is 9.95. The average molecular weight is 343 g/mol. The molecule has 1 aliphatic carbocycles. The van der Waals surface area contributed by atoms with Gasteiger partial charge in [0.05, 0.1) is 12.0 Å². The van der Waals surface area contributed by atoms with Crippen molar-refractivity contribution in [2.75, 3.05) is 0 Å². The first kappa shape index (κ1) is 13.1. The summed E-state index contributed by atoms with van der Waals surface area (Å²) < 4.78 is 6.93. The highest BCUT2D eigenvalue weighted by Crippen LogP contribution is 2.41. The van der Waals surface area contributed by atoms with Crippen molar-refractivity contribution >= 4 is 21.7 Å². The highest BCUT2D eigenvalue weighted by atomic mass is 79.9. The molecule has 2 nitrogen and oxygen atoms in total. The first-order chi connectivity index (χ1) is 10.2. The maximum Gasteiger partial charge on any atom is 0.170 e. The SMILES string of the molecule is O=C1CC(c2ccc(C3CC3)cc2)Oc2ccc(Br)cc21. The van der Waals surface area contributed by atoms with Gasteiger partial charge in [-0.1, -0.05) is 40.2 Å². The number of hydrogen-bond donors (Lipinski definition) is 0. The minimum absolute atomic E-state index is 0.147. The third-order valence-electron chi connectivity index (χ3n) is 4.24. The van der Waals surface area contributed by atoms with E-state index >= 15 is 0 Å². The lowest BCUT2D eigenvalue weighted by Crippen LogP contribution is -2.20. The Morgan fingerprint density at radius 1 is 1.00 bits per heavy atom. The summed E-state index contributed by atoms with van der Waals surface area (Å²) in [5.41, 5.74) is 3.17. The van der Waals surface area contributed by atoms with E-state index in [1.165, 1.54) is 18.4 Å². The highest BCUT2D eigenvalue weighted by molar-refractivity contribution is 9.10. The number of fused-ring (bicyclic) bond motifs is 1. The standard InChI is InChI=1S/C18H15BrO2/c19-14-7-8-17-15(9-14)16(20)10-18(21-17)13-5-3-12(4-6-13)11-1-2-11/h3-9,11,18H,1-2,10H2. The van der Waals surface area contributed by atoms with Crippen molar-refractivity contribution in [3.63, 3.8) is 0 Å². The second-order valence-corrected chi connectivity index (χ2v) is 6.73. The van der Waals surface area contributed by atoms with Crippen molar-refractivity contribution in [1.29, 1.82) is 0 Å². The fourth-order valence-corrected chi connectivity index (χ4v) is 3.24. The van der Waals surface area contributed by atoms with Crippen molar-refractivity contribution in [3.05, 3.63) is 63.6 Å². The third-order valence-corrected chi connectivity index (χ3v) is 4.73. The zero-order valence-corrected chi connectivity index (χ0v) is 13.1. The van der Waals surface area contributed by atoms with Crippen LogP contribution < -0.4 is 4.74 Å². The van der Waals surface area contributed by atoms with E-state index in [4.69, 9.17) is 4.74 Å². The summed E-state index contributed by atoms with van der Waals surface area (Å²) in [5, 5.41) is 0. The molecule has 1 unspecified atom stereocenters. The summed E-state index contributed by atoms with van der Waals surface area (Å²) in [7, 11) is 0. The molecule has 106 valence electrons. The Morgan fingerprint density at radius 2 is 1.71 bits per heavy atom. The Morgan fingerprint density at radius 3 is 2.43 bits per heavy atom. The number of Topliss-reactive ketones (excluding diaryl/α,β-unsaturated/α-hetero) is 1. The molecule has 1 atom stereocenters. The van der Waals surface area contributed by atoms with Gasteiger partial charge >= 0.3 is 0 Å². The van der Waals surface area contributed by atoms with Crippen LogP contribution in [0.3, 0.4) is 0 Å². The minimum Gasteiger partial charge on any atom is -0.484 e. The maximum absolute atomic E-state index is 12.3. The van der Waals surface area contributed by atoms with Gasteiger partial charge in [-0.2, -0.15) is 0 Å². The smallest absolute Gasteiger partial charge is 0.170 e. The van der Waals surface area contributed by atoms with Gasteiger partial charge in [0.15, 0.2) is 5.78 Å². The van der Waals surface area contributed by atoms with Crippen molar-refractivity contribution in [1.82, 2.24) is 0 Å². The molecule has 21 heavy (non-hydrogen) atoms. The van der Waals surface area contributed by atoms with Gasteiger partial charge in [-0.3, -0.25) is 4.79 Å². The molecule has 0 aromatic heterocycles. The van der Waals surface area contributed by atoms with E-state index in [-0.39, 0.29) is 11.9 Å². The second kappa shape index (κ2) is 4.99. The Balaban J connectivity index is 1.62. The van der Waals surface area contributed by atoms with Crippen molar-refractivity contribution in [3.8, 4) is 5.75 Å². The van der Waals surface area contributed by atoms with Gasteiger partial charge in [0, 0.05) is 4.47 Å². The maximum atomic E-state index is 12.3. The molecule has 0 N–H and O–H groups in total. The lowest BCUT2D eigenvalue weighted by Gasteiger charge is -2.25. The average Bonchev–Trinajstić information content (AvgIpc) is 3.33. The first-order valence-electron chi connectivity index (χ1n) is 7.30. The van der Waals surface area contributed by atoms with E-state index in [9.17, 15) is 4.79 Å². The Kier molecular flexibility index (Phi) is 3.11. The summed E-state index contributed by atoms with van der Waals surface area (Å²) in [6.07, 6.45) is 2.85. The lowest BCUT2D eigenvalue weighted by molar-refractivity contribution is 0.0850. The fourth-order valence-electron chi connectivity index (χ4n) is 2.88. The molecule has 0 amide bonds. The zero-order valence-electron chi connectivity index (χ0n) is 11.5. The fraction of sp³-hybridized carbons (Fsp3) is 0.278. The largest absolute Gasteiger partial charge is 0.484 e. The number of halogens is 1. The molecular weight excluding hydrogens is 328 g/mol. The number of carbonyl (C=O) groups excluding carboxylic acids is 1. The predicted octanol–water partition coefficient (Wildman–Crippen LogP) is 5.03. The van der Waals surface area contributed by atoms with Gasteiger partial charge < -0.3 is 4.74 Å². The van der Waals surface area contributed by atoms with Crippen LogP contribution in [0, 0.1) is 0 Å². The first-order valence-corrected chi connectivity index (χ1v) is 8.09. The van der Waals surface area contributed by atoms with Crippen LogP contribution in [0.4, 0.5) is 0 Å². The second-order valence-electron chi connectivity index (χ2n) is 5.82. The quantitative estimate of drug-likeness (QED) is 0.764. The summed E-state index contributed by atoms with van der Waals surface area (Å²) in [5.74, 6) is 1.59. The molecule has 1 saturated carbocycles. The predicted molar refractivity (Wildman–Crippen MR) is 84.9 cm³/mol. The summed E-state index contributed by atoms with van der Waals surface area (Å²) >= 11 is 3.40. The van der Waals surface area contributed by atoms with Crippen LogP contribution in [-0.4, -0.2) is 5.78 Å². The summed E-state index contributed by atoms with van der Waals surface area (Å²) in [4.78, 5) is 12.3. The van der Waals surface area contributed by atoms with Gasteiger partial charge in [0.2, 0.25) is 0 Å². The molecular formula is C18H15BrO2. The molecule has 1 heterocycles. The molecule has 2 aromatic carbocycles. The molecule has 1 aliphatic heterocycles. The summed E-state index contributed by atoms with van der Waals surface area (Å²) in [6.45, 7) is 0. The monoisotopic (exact) mass is 342 g/mol. The van der Waals surface area contributed by atoms with Crippen molar-refractivity contribution in [2.24, 2.45) is 0 Å². The van der Waals surface area contributed by atoms with Gasteiger partial charge in [-0.25, -0.2) is 0 Å². The topological polar surface area (TPSA) is 26.3 Å². The van der Waals surface area contributed by atoms with Crippen LogP contribution in [0.5, 0.6) is 5.75 Å². The Labute approximate surface area is 132 Å². The van der Waals surface area contributed by atoms with Crippen LogP contribution in [0.25, 0.3) is 0 Å². The summed E-state index contributed by atoms with van der Waals surface area (Å²) in [6, 6.07) is 14.2. The molecule has 2 aromatic rings. The number of hydrogen-bond acceptors (Lipinski definition) is 2. The van der Waals surface area contributed by atoms with Crippen LogP contribution in [0.2, 0.25) is 0 Å². The highest BCUT2D eigenvalue weighted by Gasteiger charge is 2.28. The third kappa shape index (κ3) is 2.51. The molecule has 0 spiro atoms. The van der Waals surface area contributed by atoms with Crippen molar-refractivity contribution < 1.29 is 9.53 Å². The molecule has 2 aliphatic rings. The normalized spacial score (nSPS) is 20.8. The van der Waals surface area contributed by atoms with Crippen molar-refractivity contribution in [2.45, 2.75) is 31.3 Å². The molecule has 0 bridgehead atoms. The van der Waals surface area contributed by atoms with Gasteiger partial charge in [0.1, 0.15) is 11.9 Å². The van der Waals surface area contributed by atoms with E-state index in [0.29, 0.717) is 17.7 Å². The molecule has 3 heteroatoms. The van der Waals surface area contributed by atoms with Crippen LogP contribution in [-0.2, 0) is 0 Å². The van der Waals surface area contributed by atoms with E-state index in [2.05, 4.69) is 40.2 Å². The minimum atomic E-state index is -0.167. The number of ether oxygens (including phenoxy) is 1. The van der Waals surface area contributed by atoms with Crippen LogP contribution >= 0.6 is 15.9 Å². The number of carbonyl (C=O) groups is 1. The Hall–Kier alpha value is -1.61. The number of ketones is 1. The van der Waals surface area contributed by atoms with Gasteiger partial charge in [0.25, 0.3) is 0 Å². The molecule has 0 radical (unpaired) electrons. The van der Waals surface area contributed by atoms with Crippen LogP contribution in [0.15, 0.2) is 46.9 Å². The Bertz CT molecular complexity index is 702.